The van der Waals surface area contributed by atoms with Crippen LogP contribution >= 0.6 is 22.6 Å². The summed E-state index contributed by atoms with van der Waals surface area (Å²) >= 11 is 2.13. The maximum Gasteiger partial charge on any atom is 0.308 e. The molecule has 0 saturated carbocycles. The molecule has 0 aromatic heterocycles. The Morgan fingerprint density at radius 2 is 2.05 bits per heavy atom. The summed E-state index contributed by atoms with van der Waals surface area (Å²) in [4.78, 5) is 25.4. The molecule has 1 N–H and O–H groups in total. The molecule has 1 fully saturated rings. The summed E-state index contributed by atoms with van der Waals surface area (Å²) in [7, 11) is 0. The summed E-state index contributed by atoms with van der Waals surface area (Å²) in [6.07, 6.45) is 1.39. The number of aliphatic carboxylic acids is 1. The van der Waals surface area contributed by atoms with Crippen LogP contribution in [0.25, 0.3) is 0 Å². The van der Waals surface area contributed by atoms with Gasteiger partial charge in [-0.25, -0.2) is 0 Å². The highest BCUT2D eigenvalue weighted by atomic mass is 127. The number of piperidine rings is 1. The zero-order chi connectivity index (χ0) is 14.0. The molecule has 1 heterocycles. The topological polar surface area (TPSA) is 57.6 Å². The SMILES string of the molecule is C[C@@H]1[C@H](C(=O)O)CCCN1C(=O)c1ccccc1I. The second-order valence-corrected chi connectivity index (χ2v) is 5.97. The molecule has 0 bridgehead atoms. The molecular weight excluding hydrogens is 357 g/mol. The van der Waals surface area contributed by atoms with Crippen LogP contribution in [0.3, 0.4) is 0 Å². The Kier molecular flexibility index (Phi) is 4.44. The number of carboxylic acid groups (broad SMARTS) is 1. The molecule has 1 aromatic carbocycles. The summed E-state index contributed by atoms with van der Waals surface area (Å²) in [6.45, 7) is 2.46. The fourth-order valence-electron chi connectivity index (χ4n) is 2.55. The van der Waals surface area contributed by atoms with Gasteiger partial charge in [0.25, 0.3) is 5.91 Å². The first kappa shape index (κ1) is 14.3. The molecule has 0 radical (unpaired) electrons. The molecule has 5 heteroatoms. The fraction of sp³-hybridized carbons (Fsp3) is 0.429. The van der Waals surface area contributed by atoms with Gasteiger partial charge in [0, 0.05) is 16.2 Å². The van der Waals surface area contributed by atoms with Crippen LogP contribution in [0.1, 0.15) is 30.1 Å². The molecule has 1 aliphatic heterocycles. The Morgan fingerprint density at radius 1 is 1.37 bits per heavy atom. The number of amides is 1. The third-order valence-electron chi connectivity index (χ3n) is 3.67. The van der Waals surface area contributed by atoms with Gasteiger partial charge in [0.05, 0.1) is 11.5 Å². The molecule has 2 atom stereocenters. The Hall–Kier alpha value is -1.11. The van der Waals surface area contributed by atoms with E-state index in [-0.39, 0.29) is 11.9 Å². The molecule has 0 spiro atoms. The number of benzene rings is 1. The number of likely N-dealkylation sites (tertiary alicyclic amines) is 1. The first-order valence-corrected chi connectivity index (χ1v) is 7.38. The second-order valence-electron chi connectivity index (χ2n) is 4.81. The molecule has 102 valence electrons. The van der Waals surface area contributed by atoms with Crippen molar-refractivity contribution in [1.29, 1.82) is 0 Å². The molecular formula is C14H16INO3. The lowest BCUT2D eigenvalue weighted by Gasteiger charge is -2.37. The largest absolute Gasteiger partial charge is 0.481 e. The van der Waals surface area contributed by atoms with Gasteiger partial charge in [-0.05, 0) is 54.5 Å². The lowest BCUT2D eigenvalue weighted by Crippen LogP contribution is -2.49. The number of nitrogens with zero attached hydrogens (tertiary/aromatic N) is 1. The lowest BCUT2D eigenvalue weighted by atomic mass is 9.90. The van der Waals surface area contributed by atoms with E-state index in [1.807, 2.05) is 25.1 Å². The van der Waals surface area contributed by atoms with Crippen LogP contribution in [0.5, 0.6) is 0 Å². The normalized spacial score (nSPS) is 23.2. The van der Waals surface area contributed by atoms with E-state index in [0.29, 0.717) is 18.5 Å². The van der Waals surface area contributed by atoms with Gasteiger partial charge in [0.15, 0.2) is 0 Å². The van der Waals surface area contributed by atoms with Crippen molar-refractivity contribution in [1.82, 2.24) is 4.90 Å². The van der Waals surface area contributed by atoms with Gasteiger partial charge in [-0.15, -0.1) is 0 Å². The summed E-state index contributed by atoms with van der Waals surface area (Å²) in [6, 6.07) is 7.14. The number of rotatable bonds is 2. The maximum atomic E-state index is 12.5. The van der Waals surface area contributed by atoms with Gasteiger partial charge in [0.2, 0.25) is 0 Å². The Labute approximate surface area is 125 Å². The van der Waals surface area contributed by atoms with Crippen molar-refractivity contribution < 1.29 is 14.7 Å². The van der Waals surface area contributed by atoms with Gasteiger partial charge in [-0.1, -0.05) is 12.1 Å². The monoisotopic (exact) mass is 373 g/mol. The summed E-state index contributed by atoms with van der Waals surface area (Å²) < 4.78 is 0.898. The minimum atomic E-state index is -0.812. The molecule has 1 amide bonds. The molecule has 0 unspecified atom stereocenters. The van der Waals surface area contributed by atoms with Crippen molar-refractivity contribution in [3.63, 3.8) is 0 Å². The Bertz CT molecular complexity index is 503. The third kappa shape index (κ3) is 2.91. The summed E-state index contributed by atoms with van der Waals surface area (Å²) in [5, 5.41) is 9.19. The predicted octanol–water partition coefficient (Wildman–Crippen LogP) is 2.62. The quantitative estimate of drug-likeness (QED) is 0.811. The van der Waals surface area contributed by atoms with Crippen molar-refractivity contribution in [3.8, 4) is 0 Å². The second kappa shape index (κ2) is 5.90. The number of carboxylic acids is 1. The number of carbonyl (C=O) groups excluding carboxylic acids is 1. The van der Waals surface area contributed by atoms with Crippen molar-refractivity contribution >= 4 is 34.5 Å². The molecule has 2 rings (SSSR count). The van der Waals surface area contributed by atoms with Crippen molar-refractivity contribution in [3.05, 3.63) is 33.4 Å². The van der Waals surface area contributed by atoms with E-state index in [2.05, 4.69) is 22.6 Å². The van der Waals surface area contributed by atoms with Crippen LogP contribution < -0.4 is 0 Å². The highest BCUT2D eigenvalue weighted by molar-refractivity contribution is 14.1. The van der Waals surface area contributed by atoms with E-state index in [9.17, 15) is 14.7 Å². The minimum absolute atomic E-state index is 0.0662. The van der Waals surface area contributed by atoms with Crippen LogP contribution in [-0.2, 0) is 4.79 Å². The first-order valence-electron chi connectivity index (χ1n) is 6.30. The first-order chi connectivity index (χ1) is 9.02. The van der Waals surface area contributed by atoms with Crippen molar-refractivity contribution in [2.75, 3.05) is 6.54 Å². The van der Waals surface area contributed by atoms with E-state index in [4.69, 9.17) is 0 Å². The van der Waals surface area contributed by atoms with E-state index in [1.165, 1.54) is 0 Å². The van der Waals surface area contributed by atoms with Crippen molar-refractivity contribution in [2.45, 2.75) is 25.8 Å². The zero-order valence-electron chi connectivity index (χ0n) is 10.7. The van der Waals surface area contributed by atoms with Crippen LogP contribution in [0.15, 0.2) is 24.3 Å². The molecule has 1 aliphatic rings. The minimum Gasteiger partial charge on any atom is -0.481 e. The van der Waals surface area contributed by atoms with Crippen molar-refractivity contribution in [2.24, 2.45) is 5.92 Å². The Morgan fingerprint density at radius 3 is 2.68 bits per heavy atom. The third-order valence-corrected chi connectivity index (χ3v) is 4.61. The highest BCUT2D eigenvalue weighted by Crippen LogP contribution is 2.26. The average molecular weight is 373 g/mol. The maximum absolute atomic E-state index is 12.5. The Balaban J connectivity index is 2.24. The molecule has 4 nitrogen and oxygen atoms in total. The number of halogens is 1. The summed E-state index contributed by atoms with van der Waals surface area (Å²) in [5.74, 6) is -1.34. The van der Waals surface area contributed by atoms with Gasteiger partial charge in [-0.3, -0.25) is 9.59 Å². The number of hydrogen-bond donors (Lipinski definition) is 1. The summed E-state index contributed by atoms with van der Waals surface area (Å²) in [5.41, 5.74) is 0.654. The molecule has 0 aliphatic carbocycles. The van der Waals surface area contributed by atoms with E-state index in [1.54, 1.807) is 11.0 Å². The van der Waals surface area contributed by atoms with E-state index in [0.717, 1.165) is 9.99 Å². The van der Waals surface area contributed by atoms with Crippen LogP contribution in [0.2, 0.25) is 0 Å². The zero-order valence-corrected chi connectivity index (χ0v) is 12.8. The average Bonchev–Trinajstić information content (AvgIpc) is 2.38. The highest BCUT2D eigenvalue weighted by Gasteiger charge is 2.35. The lowest BCUT2D eigenvalue weighted by molar-refractivity contribution is -0.144. The molecule has 1 aromatic rings. The molecule has 19 heavy (non-hydrogen) atoms. The smallest absolute Gasteiger partial charge is 0.308 e. The number of hydrogen-bond acceptors (Lipinski definition) is 2. The van der Waals surface area contributed by atoms with Gasteiger partial charge < -0.3 is 10.0 Å². The van der Waals surface area contributed by atoms with Crippen LogP contribution in [0, 0.1) is 9.49 Å². The fourth-order valence-corrected chi connectivity index (χ4v) is 3.17. The van der Waals surface area contributed by atoms with E-state index >= 15 is 0 Å². The molecule has 1 saturated heterocycles. The van der Waals surface area contributed by atoms with Crippen LogP contribution in [0.4, 0.5) is 0 Å². The van der Waals surface area contributed by atoms with Gasteiger partial charge >= 0.3 is 5.97 Å². The van der Waals surface area contributed by atoms with E-state index < -0.39 is 11.9 Å². The van der Waals surface area contributed by atoms with Gasteiger partial charge in [0.1, 0.15) is 0 Å². The predicted molar refractivity (Wildman–Crippen MR) is 80.0 cm³/mol. The van der Waals surface area contributed by atoms with Gasteiger partial charge in [-0.2, -0.15) is 0 Å². The standard InChI is InChI=1S/C14H16INO3/c1-9-10(14(18)19)6-4-8-16(9)13(17)11-5-2-3-7-12(11)15/h2-3,5,7,9-10H,4,6,8H2,1H3,(H,18,19)/t9-,10-/m1/s1. The number of carbonyl (C=O) groups is 2. The van der Waals surface area contributed by atoms with Crippen LogP contribution in [-0.4, -0.2) is 34.5 Å².